The minimum Gasteiger partial charge on any atom is -0.333 e. The molecule has 0 bridgehead atoms. The van der Waals surface area contributed by atoms with Crippen LogP contribution < -0.4 is 0 Å². The van der Waals surface area contributed by atoms with Crippen LogP contribution in [0.1, 0.15) is 12.1 Å². The summed E-state index contributed by atoms with van der Waals surface area (Å²) in [6, 6.07) is 1.94. The van der Waals surface area contributed by atoms with Crippen LogP contribution in [0.3, 0.4) is 0 Å². The molecule has 0 saturated carbocycles. The highest BCUT2D eigenvalue weighted by atomic mass is 32.2. The molecule has 0 amide bonds. The van der Waals surface area contributed by atoms with Gasteiger partial charge in [0.1, 0.15) is 12.0 Å². The van der Waals surface area contributed by atoms with E-state index in [1.54, 1.807) is 30.9 Å². The number of aromatic nitrogens is 4. The Balaban J connectivity index is 1.71. The first kappa shape index (κ1) is 17.0. The number of aryl methyl sites for hydroxylation is 1. The molecule has 24 heavy (non-hydrogen) atoms. The predicted octanol–water partition coefficient (Wildman–Crippen LogP) is 0.548. The maximum absolute atomic E-state index is 12.2. The van der Waals surface area contributed by atoms with Gasteiger partial charge in [-0.05, 0) is 24.8 Å². The number of hydrogen-bond donors (Lipinski definition) is 0. The second-order valence-corrected chi connectivity index (χ2v) is 8.41. The average molecular weight is 350 g/mol. The zero-order valence-electron chi connectivity index (χ0n) is 14.1. The first-order valence-electron chi connectivity index (χ1n) is 7.84. The van der Waals surface area contributed by atoms with E-state index >= 15 is 0 Å². The molecule has 1 atom stereocenters. The molecule has 1 fully saturated rings. The fourth-order valence-corrected chi connectivity index (χ4v) is 4.14. The zero-order valence-corrected chi connectivity index (χ0v) is 14.9. The van der Waals surface area contributed by atoms with Gasteiger partial charge < -0.3 is 4.57 Å². The first-order chi connectivity index (χ1) is 11.4. The van der Waals surface area contributed by atoms with Crippen molar-refractivity contribution in [1.29, 1.82) is 0 Å². The van der Waals surface area contributed by atoms with E-state index in [4.69, 9.17) is 0 Å². The number of rotatable bonds is 5. The van der Waals surface area contributed by atoms with Crippen LogP contribution in [0.15, 0.2) is 24.8 Å². The quantitative estimate of drug-likeness (QED) is 0.786. The third kappa shape index (κ3) is 3.33. The van der Waals surface area contributed by atoms with Gasteiger partial charge in [0.05, 0.1) is 0 Å². The Morgan fingerprint density at radius 2 is 2.08 bits per heavy atom. The molecule has 0 radical (unpaired) electrons. The summed E-state index contributed by atoms with van der Waals surface area (Å²) in [5, 5.41) is 0. The average Bonchev–Trinajstić information content (AvgIpc) is 3.16. The van der Waals surface area contributed by atoms with Crippen LogP contribution in [-0.2, 0) is 23.7 Å². The number of imidazole rings is 1. The van der Waals surface area contributed by atoms with E-state index in [2.05, 4.69) is 15.0 Å². The summed E-state index contributed by atoms with van der Waals surface area (Å²) in [5.74, 6) is 1.06. The summed E-state index contributed by atoms with van der Waals surface area (Å²) >= 11 is 0. The van der Waals surface area contributed by atoms with Crippen molar-refractivity contribution < 1.29 is 8.42 Å². The van der Waals surface area contributed by atoms with E-state index in [1.807, 2.05) is 23.9 Å². The van der Waals surface area contributed by atoms with Crippen molar-refractivity contribution in [3.63, 3.8) is 0 Å². The van der Waals surface area contributed by atoms with Crippen LogP contribution in [0.4, 0.5) is 0 Å². The van der Waals surface area contributed by atoms with Gasteiger partial charge >= 0.3 is 0 Å². The molecule has 0 unspecified atom stereocenters. The SMILES string of the molecule is CN(C)S(=O)(=O)N1CC[C@H](Cc2cc(-c3nccn3C)ncn2)C1. The topological polar surface area (TPSA) is 84.2 Å². The molecule has 0 N–H and O–H groups in total. The van der Waals surface area contributed by atoms with Gasteiger partial charge in [0.2, 0.25) is 0 Å². The van der Waals surface area contributed by atoms with E-state index in [0.717, 1.165) is 30.1 Å². The van der Waals surface area contributed by atoms with Crippen LogP contribution in [0, 0.1) is 5.92 Å². The van der Waals surface area contributed by atoms with Crippen LogP contribution in [0.5, 0.6) is 0 Å². The van der Waals surface area contributed by atoms with Crippen molar-refractivity contribution in [2.45, 2.75) is 12.8 Å². The van der Waals surface area contributed by atoms with Crippen molar-refractivity contribution in [1.82, 2.24) is 28.1 Å². The Morgan fingerprint density at radius 1 is 1.29 bits per heavy atom. The fraction of sp³-hybridized carbons (Fsp3) is 0.533. The molecule has 1 aliphatic rings. The molecule has 0 spiro atoms. The first-order valence-corrected chi connectivity index (χ1v) is 9.24. The lowest BCUT2D eigenvalue weighted by atomic mass is 10.0. The molecule has 0 aliphatic carbocycles. The second kappa shape index (κ2) is 6.58. The van der Waals surface area contributed by atoms with E-state index in [1.165, 1.54) is 4.31 Å². The highest BCUT2D eigenvalue weighted by molar-refractivity contribution is 7.86. The van der Waals surface area contributed by atoms with Crippen LogP contribution in [0.25, 0.3) is 11.5 Å². The van der Waals surface area contributed by atoms with Crippen LogP contribution in [-0.4, -0.2) is 63.7 Å². The molecule has 9 heteroatoms. The third-order valence-corrected chi connectivity index (χ3v) is 6.22. The van der Waals surface area contributed by atoms with Crippen molar-refractivity contribution in [2.75, 3.05) is 27.2 Å². The zero-order chi connectivity index (χ0) is 17.3. The third-order valence-electron chi connectivity index (χ3n) is 4.31. The molecular weight excluding hydrogens is 328 g/mol. The van der Waals surface area contributed by atoms with Gasteiger partial charge in [-0.3, -0.25) is 0 Å². The standard InChI is InChI=1S/C15H22N6O2S/c1-19(2)24(22,23)21-6-4-12(10-21)8-13-9-14(18-11-17-13)15-16-5-7-20(15)3/h5,7,9,11-12H,4,6,8,10H2,1-3H3/t12-/m1/s1. The highest BCUT2D eigenvalue weighted by Crippen LogP contribution is 2.24. The van der Waals surface area contributed by atoms with Gasteiger partial charge in [-0.25, -0.2) is 15.0 Å². The monoisotopic (exact) mass is 350 g/mol. The van der Waals surface area contributed by atoms with Gasteiger partial charge in [-0.2, -0.15) is 17.0 Å². The Hall–Kier alpha value is -1.84. The molecule has 0 aromatic carbocycles. The highest BCUT2D eigenvalue weighted by Gasteiger charge is 2.32. The molecular formula is C15H22N6O2S. The molecule has 1 aliphatic heterocycles. The van der Waals surface area contributed by atoms with E-state index < -0.39 is 10.2 Å². The van der Waals surface area contributed by atoms with Gasteiger partial charge in [-0.1, -0.05) is 0 Å². The molecule has 3 rings (SSSR count). The summed E-state index contributed by atoms with van der Waals surface area (Å²) in [5.41, 5.74) is 1.69. The minimum absolute atomic E-state index is 0.267. The summed E-state index contributed by atoms with van der Waals surface area (Å²) in [6.45, 7) is 1.09. The van der Waals surface area contributed by atoms with Crippen molar-refractivity contribution in [3.05, 3.63) is 30.5 Å². The molecule has 2 aromatic rings. The normalized spacial score (nSPS) is 19.2. The summed E-state index contributed by atoms with van der Waals surface area (Å²) in [7, 11) is 1.71. The largest absolute Gasteiger partial charge is 0.333 e. The van der Waals surface area contributed by atoms with Gasteiger partial charge in [0, 0.05) is 52.3 Å². The molecule has 130 valence electrons. The molecule has 2 aromatic heterocycles. The van der Waals surface area contributed by atoms with Crippen LogP contribution >= 0.6 is 0 Å². The Bertz CT molecular complexity index is 817. The predicted molar refractivity (Wildman–Crippen MR) is 90.2 cm³/mol. The summed E-state index contributed by atoms with van der Waals surface area (Å²) in [4.78, 5) is 12.9. The molecule has 8 nitrogen and oxygen atoms in total. The lowest BCUT2D eigenvalue weighted by Gasteiger charge is -2.20. The Morgan fingerprint density at radius 3 is 2.75 bits per heavy atom. The van der Waals surface area contributed by atoms with E-state index in [0.29, 0.717) is 13.1 Å². The number of nitrogens with zero attached hydrogens (tertiary/aromatic N) is 6. The Labute approximate surface area is 142 Å². The summed E-state index contributed by atoms with van der Waals surface area (Å²) in [6.07, 6.45) is 6.73. The van der Waals surface area contributed by atoms with Crippen molar-refractivity contribution >= 4 is 10.2 Å². The van der Waals surface area contributed by atoms with Gasteiger partial charge in [-0.15, -0.1) is 0 Å². The fourth-order valence-electron chi connectivity index (χ4n) is 2.94. The minimum atomic E-state index is -3.33. The smallest absolute Gasteiger partial charge is 0.281 e. The van der Waals surface area contributed by atoms with Gasteiger partial charge in [0.25, 0.3) is 10.2 Å². The summed E-state index contributed by atoms with van der Waals surface area (Å²) < 4.78 is 29.1. The molecule has 1 saturated heterocycles. The lowest BCUT2D eigenvalue weighted by molar-refractivity contribution is 0.409. The van der Waals surface area contributed by atoms with Crippen molar-refractivity contribution in [3.8, 4) is 11.5 Å². The van der Waals surface area contributed by atoms with Crippen molar-refractivity contribution in [2.24, 2.45) is 13.0 Å². The van der Waals surface area contributed by atoms with E-state index in [-0.39, 0.29) is 5.92 Å². The maximum atomic E-state index is 12.2. The van der Waals surface area contributed by atoms with Crippen LogP contribution in [0.2, 0.25) is 0 Å². The number of hydrogen-bond acceptors (Lipinski definition) is 5. The van der Waals surface area contributed by atoms with E-state index in [9.17, 15) is 8.42 Å². The lowest BCUT2D eigenvalue weighted by Crippen LogP contribution is -2.38. The second-order valence-electron chi connectivity index (χ2n) is 6.26. The Kier molecular flexibility index (Phi) is 4.66. The van der Waals surface area contributed by atoms with Gasteiger partial charge in [0.15, 0.2) is 5.82 Å². The molecule has 3 heterocycles. The maximum Gasteiger partial charge on any atom is 0.281 e.